The second-order valence-electron chi connectivity index (χ2n) is 6.93. The molecule has 2 saturated heterocycles. The van der Waals surface area contributed by atoms with Crippen LogP contribution in [0, 0.1) is 6.92 Å². The number of benzene rings is 1. The first kappa shape index (κ1) is 17.1. The fraction of sp³-hybridized carbons (Fsp3) is 0.632. The van der Waals surface area contributed by atoms with Crippen LogP contribution in [0.3, 0.4) is 0 Å². The molecule has 0 saturated carbocycles. The van der Waals surface area contributed by atoms with Gasteiger partial charge in [0.2, 0.25) is 0 Å². The minimum atomic E-state index is 0.00602. The summed E-state index contributed by atoms with van der Waals surface area (Å²) >= 11 is 0. The molecule has 1 N–H and O–H groups in total. The molecule has 2 aliphatic heterocycles. The number of methoxy groups -OCH3 is 1. The third-order valence-electron chi connectivity index (χ3n) is 5.24. The maximum Gasteiger partial charge on any atom is 0.322 e. The fourth-order valence-corrected chi connectivity index (χ4v) is 3.87. The summed E-state index contributed by atoms with van der Waals surface area (Å²) in [6, 6.07) is 6.16. The minimum absolute atomic E-state index is 0.00602. The SMILES string of the molecule is COc1cccc(C)c1NC(=O)N1CCCC[C@@H]1CN1CCCC1. The van der Waals surface area contributed by atoms with Crippen LogP contribution in [0.25, 0.3) is 0 Å². The van der Waals surface area contributed by atoms with E-state index >= 15 is 0 Å². The van der Waals surface area contributed by atoms with Gasteiger partial charge in [0.05, 0.1) is 12.8 Å². The summed E-state index contributed by atoms with van der Waals surface area (Å²) in [7, 11) is 1.64. The Morgan fingerprint density at radius 1 is 1.21 bits per heavy atom. The molecule has 5 heteroatoms. The second-order valence-corrected chi connectivity index (χ2v) is 6.93. The number of likely N-dealkylation sites (tertiary alicyclic amines) is 2. The number of hydrogen-bond donors (Lipinski definition) is 1. The zero-order valence-corrected chi connectivity index (χ0v) is 14.9. The standard InChI is InChI=1S/C19H29N3O2/c1-15-8-7-10-17(24-2)18(15)20-19(23)22-13-4-3-9-16(22)14-21-11-5-6-12-21/h7-8,10,16H,3-6,9,11-14H2,1-2H3,(H,20,23)/t16-/m1/s1. The van der Waals surface area contributed by atoms with Crippen LogP contribution in [-0.2, 0) is 0 Å². The van der Waals surface area contributed by atoms with E-state index in [0.29, 0.717) is 6.04 Å². The average Bonchev–Trinajstić information content (AvgIpc) is 3.10. The van der Waals surface area contributed by atoms with E-state index in [2.05, 4.69) is 10.2 Å². The summed E-state index contributed by atoms with van der Waals surface area (Å²) in [5.74, 6) is 0.719. The Hall–Kier alpha value is -1.75. The highest BCUT2D eigenvalue weighted by Crippen LogP contribution is 2.29. The molecule has 2 fully saturated rings. The van der Waals surface area contributed by atoms with Crippen LogP contribution in [-0.4, -0.2) is 55.2 Å². The number of hydrogen-bond acceptors (Lipinski definition) is 3. The molecule has 0 bridgehead atoms. The van der Waals surface area contributed by atoms with Gasteiger partial charge in [-0.3, -0.25) is 0 Å². The Morgan fingerprint density at radius 3 is 2.71 bits per heavy atom. The molecule has 0 aromatic heterocycles. The van der Waals surface area contributed by atoms with Crippen molar-refractivity contribution in [3.63, 3.8) is 0 Å². The lowest BCUT2D eigenvalue weighted by atomic mass is 10.0. The van der Waals surface area contributed by atoms with E-state index in [1.54, 1.807) is 7.11 Å². The average molecular weight is 331 g/mol. The Labute approximate surface area is 145 Å². The maximum atomic E-state index is 12.9. The number of piperidine rings is 1. The van der Waals surface area contributed by atoms with Crippen molar-refractivity contribution in [1.82, 2.24) is 9.80 Å². The highest BCUT2D eigenvalue weighted by atomic mass is 16.5. The second kappa shape index (κ2) is 7.88. The number of nitrogens with zero attached hydrogens (tertiary/aromatic N) is 2. The number of para-hydroxylation sites is 1. The zero-order chi connectivity index (χ0) is 16.9. The molecule has 3 rings (SSSR count). The third-order valence-corrected chi connectivity index (χ3v) is 5.24. The predicted octanol–water partition coefficient (Wildman–Crippen LogP) is 3.49. The van der Waals surface area contributed by atoms with Gasteiger partial charge in [0.25, 0.3) is 0 Å². The van der Waals surface area contributed by atoms with Crippen LogP contribution in [0.4, 0.5) is 10.5 Å². The first-order chi connectivity index (χ1) is 11.7. The normalized spacial score (nSPS) is 21.8. The number of rotatable bonds is 4. The molecular formula is C19H29N3O2. The van der Waals surface area contributed by atoms with E-state index in [-0.39, 0.29) is 6.03 Å². The van der Waals surface area contributed by atoms with Crippen LogP contribution in [0.5, 0.6) is 5.75 Å². The largest absolute Gasteiger partial charge is 0.495 e. The van der Waals surface area contributed by atoms with Gasteiger partial charge in [-0.05, 0) is 63.7 Å². The molecule has 0 radical (unpaired) electrons. The van der Waals surface area contributed by atoms with Gasteiger partial charge in [-0.1, -0.05) is 12.1 Å². The van der Waals surface area contributed by atoms with E-state index in [4.69, 9.17) is 4.74 Å². The number of aryl methyl sites for hydroxylation is 1. The summed E-state index contributed by atoms with van der Waals surface area (Å²) in [5, 5.41) is 3.10. The molecule has 1 aromatic carbocycles. The monoisotopic (exact) mass is 331 g/mol. The van der Waals surface area contributed by atoms with Gasteiger partial charge in [-0.15, -0.1) is 0 Å². The lowest BCUT2D eigenvalue weighted by Gasteiger charge is -2.38. The summed E-state index contributed by atoms with van der Waals surface area (Å²) < 4.78 is 5.41. The first-order valence-corrected chi connectivity index (χ1v) is 9.12. The van der Waals surface area contributed by atoms with Gasteiger partial charge in [-0.25, -0.2) is 4.79 Å². The predicted molar refractivity (Wildman–Crippen MR) is 96.8 cm³/mol. The number of carbonyl (C=O) groups is 1. The highest BCUT2D eigenvalue weighted by Gasteiger charge is 2.29. The molecule has 2 amide bonds. The number of carbonyl (C=O) groups excluding carboxylic acids is 1. The fourth-order valence-electron chi connectivity index (χ4n) is 3.87. The molecular weight excluding hydrogens is 302 g/mol. The van der Waals surface area contributed by atoms with Crippen LogP contribution in [0.15, 0.2) is 18.2 Å². The molecule has 2 aliphatic rings. The molecule has 1 aromatic rings. The van der Waals surface area contributed by atoms with Crippen molar-refractivity contribution < 1.29 is 9.53 Å². The maximum absolute atomic E-state index is 12.9. The molecule has 132 valence electrons. The van der Waals surface area contributed by atoms with Crippen molar-refractivity contribution in [3.05, 3.63) is 23.8 Å². The van der Waals surface area contributed by atoms with Crippen LogP contribution >= 0.6 is 0 Å². The Balaban J connectivity index is 1.70. The summed E-state index contributed by atoms with van der Waals surface area (Å²) in [4.78, 5) is 17.5. The van der Waals surface area contributed by atoms with Crippen LogP contribution in [0.2, 0.25) is 0 Å². The van der Waals surface area contributed by atoms with Crippen molar-refractivity contribution in [1.29, 1.82) is 0 Å². The summed E-state index contributed by atoms with van der Waals surface area (Å²) in [5.41, 5.74) is 1.81. The smallest absolute Gasteiger partial charge is 0.322 e. The Kier molecular flexibility index (Phi) is 5.61. The molecule has 1 atom stereocenters. The lowest BCUT2D eigenvalue weighted by molar-refractivity contribution is 0.136. The van der Waals surface area contributed by atoms with Gasteiger partial charge in [0.15, 0.2) is 0 Å². The number of urea groups is 1. The van der Waals surface area contributed by atoms with Gasteiger partial charge in [0.1, 0.15) is 5.75 Å². The van der Waals surface area contributed by atoms with E-state index < -0.39 is 0 Å². The summed E-state index contributed by atoms with van der Waals surface area (Å²) in [6.07, 6.45) is 6.00. The van der Waals surface area contributed by atoms with Gasteiger partial charge < -0.3 is 19.9 Å². The Bertz CT molecular complexity index is 570. The van der Waals surface area contributed by atoms with Crippen molar-refractivity contribution in [3.8, 4) is 5.75 Å². The zero-order valence-electron chi connectivity index (χ0n) is 14.9. The third kappa shape index (κ3) is 3.83. The van der Waals surface area contributed by atoms with E-state index in [0.717, 1.165) is 42.9 Å². The topological polar surface area (TPSA) is 44.8 Å². The molecule has 5 nitrogen and oxygen atoms in total. The van der Waals surface area contributed by atoms with Gasteiger partial charge in [0, 0.05) is 19.1 Å². The summed E-state index contributed by atoms with van der Waals surface area (Å²) in [6.45, 7) is 6.21. The van der Waals surface area contributed by atoms with E-state index in [1.807, 2.05) is 30.0 Å². The van der Waals surface area contributed by atoms with Crippen LogP contribution in [0.1, 0.15) is 37.7 Å². The number of ether oxygens (including phenoxy) is 1. The quantitative estimate of drug-likeness (QED) is 0.918. The molecule has 2 heterocycles. The van der Waals surface area contributed by atoms with E-state index in [1.165, 1.54) is 32.4 Å². The van der Waals surface area contributed by atoms with Gasteiger partial charge >= 0.3 is 6.03 Å². The number of amides is 2. The molecule has 0 unspecified atom stereocenters. The minimum Gasteiger partial charge on any atom is -0.495 e. The lowest BCUT2D eigenvalue weighted by Crippen LogP contribution is -2.50. The highest BCUT2D eigenvalue weighted by molar-refractivity contribution is 5.92. The molecule has 0 spiro atoms. The molecule has 0 aliphatic carbocycles. The van der Waals surface area contributed by atoms with E-state index in [9.17, 15) is 4.79 Å². The van der Waals surface area contributed by atoms with Crippen molar-refractivity contribution in [2.24, 2.45) is 0 Å². The number of nitrogens with one attached hydrogen (secondary N) is 1. The van der Waals surface area contributed by atoms with Gasteiger partial charge in [-0.2, -0.15) is 0 Å². The number of anilines is 1. The Morgan fingerprint density at radius 2 is 1.96 bits per heavy atom. The van der Waals surface area contributed by atoms with Crippen LogP contribution < -0.4 is 10.1 Å². The van der Waals surface area contributed by atoms with Crippen molar-refractivity contribution >= 4 is 11.7 Å². The molecule has 24 heavy (non-hydrogen) atoms. The van der Waals surface area contributed by atoms with Crippen molar-refractivity contribution in [2.45, 2.75) is 45.1 Å². The van der Waals surface area contributed by atoms with Crippen molar-refractivity contribution in [2.75, 3.05) is 38.6 Å². The first-order valence-electron chi connectivity index (χ1n) is 9.12.